The number of halogens is 1. The number of anilines is 1. The van der Waals surface area contributed by atoms with Crippen LogP contribution >= 0.6 is 0 Å². The lowest BCUT2D eigenvalue weighted by Crippen LogP contribution is -2.55. The first-order valence-electron chi connectivity index (χ1n) is 7.11. The third-order valence-electron chi connectivity index (χ3n) is 5.18. The standard InChI is InChI=1S/C15H19FN2/c16-13-2-1-3-17-14(13)18-15-7-10-4-11(8-15)6-12(5-10)9-15/h1-3,10-12H,4-9H2,(H,17,18). The van der Waals surface area contributed by atoms with Crippen LogP contribution in [0.5, 0.6) is 0 Å². The molecule has 0 radical (unpaired) electrons. The second-order valence-electron chi connectivity index (χ2n) is 6.66. The van der Waals surface area contributed by atoms with E-state index in [1.165, 1.54) is 44.6 Å². The first-order chi connectivity index (χ1) is 8.72. The molecule has 4 aliphatic rings. The minimum Gasteiger partial charge on any atom is -0.362 e. The fraction of sp³-hybridized carbons (Fsp3) is 0.667. The number of aromatic nitrogens is 1. The molecule has 0 amide bonds. The fourth-order valence-corrected chi connectivity index (χ4v) is 4.99. The Labute approximate surface area is 107 Å². The van der Waals surface area contributed by atoms with Gasteiger partial charge >= 0.3 is 0 Å². The highest BCUT2D eigenvalue weighted by atomic mass is 19.1. The molecular weight excluding hydrogens is 227 g/mol. The number of hydrogen-bond acceptors (Lipinski definition) is 2. The Balaban J connectivity index is 1.63. The van der Waals surface area contributed by atoms with Crippen molar-refractivity contribution >= 4 is 5.82 Å². The van der Waals surface area contributed by atoms with Crippen LogP contribution in [0.1, 0.15) is 38.5 Å². The van der Waals surface area contributed by atoms with Crippen LogP contribution in [0.2, 0.25) is 0 Å². The van der Waals surface area contributed by atoms with E-state index in [2.05, 4.69) is 10.3 Å². The molecule has 96 valence electrons. The van der Waals surface area contributed by atoms with Crippen LogP contribution in [0.3, 0.4) is 0 Å². The van der Waals surface area contributed by atoms with E-state index >= 15 is 0 Å². The van der Waals surface area contributed by atoms with Crippen molar-refractivity contribution in [2.24, 2.45) is 17.8 Å². The highest BCUT2D eigenvalue weighted by Gasteiger charge is 2.51. The number of rotatable bonds is 2. The van der Waals surface area contributed by atoms with Gasteiger partial charge in [-0.05, 0) is 68.4 Å². The van der Waals surface area contributed by atoms with E-state index in [-0.39, 0.29) is 11.4 Å². The maximum absolute atomic E-state index is 13.7. The van der Waals surface area contributed by atoms with Gasteiger partial charge in [-0.15, -0.1) is 0 Å². The number of hydrogen-bond donors (Lipinski definition) is 1. The predicted octanol–water partition coefficient (Wildman–Crippen LogP) is 3.60. The van der Waals surface area contributed by atoms with Gasteiger partial charge in [0.2, 0.25) is 0 Å². The number of nitrogens with zero attached hydrogens (tertiary/aromatic N) is 1. The largest absolute Gasteiger partial charge is 0.362 e. The zero-order chi connectivity index (χ0) is 12.2. The van der Waals surface area contributed by atoms with Crippen molar-refractivity contribution < 1.29 is 4.39 Å². The molecule has 4 fully saturated rings. The summed E-state index contributed by atoms with van der Waals surface area (Å²) in [6.07, 6.45) is 9.55. The maximum atomic E-state index is 13.7. The Hall–Kier alpha value is -1.12. The Kier molecular flexibility index (Phi) is 2.21. The highest BCUT2D eigenvalue weighted by molar-refractivity contribution is 5.40. The van der Waals surface area contributed by atoms with Crippen molar-refractivity contribution in [3.8, 4) is 0 Å². The van der Waals surface area contributed by atoms with Crippen LogP contribution in [-0.2, 0) is 0 Å². The molecule has 1 aromatic rings. The second-order valence-corrected chi connectivity index (χ2v) is 6.66. The molecule has 1 aromatic heterocycles. The van der Waals surface area contributed by atoms with Crippen LogP contribution < -0.4 is 5.32 Å². The van der Waals surface area contributed by atoms with Crippen LogP contribution in [0.25, 0.3) is 0 Å². The topological polar surface area (TPSA) is 24.9 Å². The summed E-state index contributed by atoms with van der Waals surface area (Å²) in [5.74, 6) is 2.86. The molecule has 4 aliphatic carbocycles. The monoisotopic (exact) mass is 246 g/mol. The molecule has 0 spiro atoms. The van der Waals surface area contributed by atoms with Crippen molar-refractivity contribution in [1.29, 1.82) is 0 Å². The lowest BCUT2D eigenvalue weighted by molar-refractivity contribution is 0.0104. The molecule has 0 saturated heterocycles. The van der Waals surface area contributed by atoms with Gasteiger partial charge in [-0.2, -0.15) is 0 Å². The zero-order valence-corrected chi connectivity index (χ0v) is 10.5. The predicted molar refractivity (Wildman–Crippen MR) is 68.7 cm³/mol. The molecule has 1 N–H and O–H groups in total. The Bertz CT molecular complexity index is 436. The van der Waals surface area contributed by atoms with Crippen LogP contribution in [0, 0.1) is 23.6 Å². The molecule has 18 heavy (non-hydrogen) atoms. The first kappa shape index (κ1) is 10.8. The molecule has 0 aromatic carbocycles. The molecule has 4 saturated carbocycles. The van der Waals surface area contributed by atoms with Gasteiger partial charge in [-0.25, -0.2) is 9.37 Å². The molecule has 1 heterocycles. The van der Waals surface area contributed by atoms with Gasteiger partial charge in [0.05, 0.1) is 0 Å². The Morgan fingerprint density at radius 3 is 2.28 bits per heavy atom. The zero-order valence-electron chi connectivity index (χ0n) is 10.5. The van der Waals surface area contributed by atoms with Crippen molar-refractivity contribution in [1.82, 2.24) is 4.98 Å². The van der Waals surface area contributed by atoms with E-state index in [4.69, 9.17) is 0 Å². The average molecular weight is 246 g/mol. The summed E-state index contributed by atoms with van der Waals surface area (Å²) in [5.41, 5.74) is 0.143. The number of pyridine rings is 1. The third kappa shape index (κ3) is 1.63. The smallest absolute Gasteiger partial charge is 0.165 e. The summed E-state index contributed by atoms with van der Waals surface area (Å²) < 4.78 is 13.7. The molecule has 3 heteroatoms. The molecule has 0 aliphatic heterocycles. The summed E-state index contributed by atoms with van der Waals surface area (Å²) >= 11 is 0. The summed E-state index contributed by atoms with van der Waals surface area (Å²) in [6.45, 7) is 0. The van der Waals surface area contributed by atoms with Gasteiger partial charge in [0, 0.05) is 11.7 Å². The van der Waals surface area contributed by atoms with Crippen molar-refractivity contribution in [3.05, 3.63) is 24.1 Å². The van der Waals surface area contributed by atoms with Crippen LogP contribution in [0.4, 0.5) is 10.2 Å². The number of nitrogens with one attached hydrogen (secondary N) is 1. The van der Waals surface area contributed by atoms with Crippen molar-refractivity contribution in [2.45, 2.75) is 44.1 Å². The Morgan fingerprint density at radius 2 is 1.72 bits per heavy atom. The fourth-order valence-electron chi connectivity index (χ4n) is 4.99. The molecular formula is C15H19FN2. The minimum atomic E-state index is -0.215. The van der Waals surface area contributed by atoms with Crippen LogP contribution in [-0.4, -0.2) is 10.5 Å². The molecule has 0 atom stereocenters. The van der Waals surface area contributed by atoms with Gasteiger partial charge in [-0.3, -0.25) is 0 Å². The highest BCUT2D eigenvalue weighted by Crippen LogP contribution is 2.56. The van der Waals surface area contributed by atoms with Crippen LogP contribution in [0.15, 0.2) is 18.3 Å². The summed E-state index contributed by atoms with van der Waals surface area (Å²) in [7, 11) is 0. The summed E-state index contributed by atoms with van der Waals surface area (Å²) in [5, 5.41) is 3.47. The summed E-state index contributed by atoms with van der Waals surface area (Å²) in [4.78, 5) is 4.17. The van der Waals surface area contributed by atoms with E-state index < -0.39 is 0 Å². The second kappa shape index (κ2) is 3.69. The van der Waals surface area contributed by atoms with E-state index in [1.54, 1.807) is 12.3 Å². The molecule has 5 rings (SSSR count). The lowest BCUT2D eigenvalue weighted by Gasteiger charge is -2.57. The van der Waals surface area contributed by atoms with E-state index in [0.29, 0.717) is 5.82 Å². The van der Waals surface area contributed by atoms with Crippen molar-refractivity contribution in [3.63, 3.8) is 0 Å². The average Bonchev–Trinajstić information content (AvgIpc) is 2.30. The van der Waals surface area contributed by atoms with Gasteiger partial charge in [0.15, 0.2) is 11.6 Å². The van der Waals surface area contributed by atoms with Gasteiger partial charge in [-0.1, -0.05) is 0 Å². The SMILES string of the molecule is Fc1cccnc1NC12CC3CC(CC(C3)C1)C2. The minimum absolute atomic E-state index is 0.143. The van der Waals surface area contributed by atoms with Gasteiger partial charge in [0.1, 0.15) is 0 Å². The lowest BCUT2D eigenvalue weighted by atomic mass is 9.53. The Morgan fingerprint density at radius 1 is 1.11 bits per heavy atom. The summed E-state index contributed by atoms with van der Waals surface area (Å²) in [6, 6.07) is 3.15. The maximum Gasteiger partial charge on any atom is 0.165 e. The molecule has 2 nitrogen and oxygen atoms in total. The van der Waals surface area contributed by atoms with Gasteiger partial charge in [0.25, 0.3) is 0 Å². The van der Waals surface area contributed by atoms with Crippen molar-refractivity contribution in [2.75, 3.05) is 5.32 Å². The molecule has 4 bridgehead atoms. The molecule has 0 unspecified atom stereocenters. The van der Waals surface area contributed by atoms with E-state index in [0.717, 1.165) is 17.8 Å². The third-order valence-corrected chi connectivity index (χ3v) is 5.18. The van der Waals surface area contributed by atoms with Gasteiger partial charge < -0.3 is 5.32 Å². The quantitative estimate of drug-likeness (QED) is 0.862. The first-order valence-corrected chi connectivity index (χ1v) is 7.11. The van der Waals surface area contributed by atoms with E-state index in [9.17, 15) is 4.39 Å². The van der Waals surface area contributed by atoms with E-state index in [1.807, 2.05) is 0 Å². The normalized spacial score (nSPS) is 41.1.